The average Bonchev–Trinajstić information content (AvgIpc) is 2.80. The molecule has 1 aliphatic heterocycles. The summed E-state index contributed by atoms with van der Waals surface area (Å²) in [6.07, 6.45) is -9.85. The van der Waals surface area contributed by atoms with Gasteiger partial charge in [-0.05, 0) is 30.2 Å². The van der Waals surface area contributed by atoms with Crippen LogP contribution in [0.2, 0.25) is 0 Å². The van der Waals surface area contributed by atoms with Gasteiger partial charge in [0, 0.05) is 25.3 Å². The molecule has 1 aromatic rings. The molecule has 0 saturated heterocycles. The first kappa shape index (κ1) is 30.8. The lowest BCUT2D eigenvalue weighted by Gasteiger charge is -2.37. The summed E-state index contributed by atoms with van der Waals surface area (Å²) in [4.78, 5) is 26.5. The highest BCUT2D eigenvalue weighted by molar-refractivity contribution is 5.90. The van der Waals surface area contributed by atoms with Crippen LogP contribution in [0.4, 0.5) is 26.3 Å². The van der Waals surface area contributed by atoms with Gasteiger partial charge in [0.2, 0.25) is 5.88 Å². The molecule has 2 rings (SSSR count). The van der Waals surface area contributed by atoms with Gasteiger partial charge in [0.1, 0.15) is 18.1 Å². The maximum absolute atomic E-state index is 13.9. The van der Waals surface area contributed by atoms with E-state index in [9.17, 15) is 41.3 Å². The van der Waals surface area contributed by atoms with E-state index < -0.39 is 46.9 Å². The number of ether oxygens (including phenoxy) is 4. The van der Waals surface area contributed by atoms with Crippen LogP contribution in [0.15, 0.2) is 46.4 Å². The summed E-state index contributed by atoms with van der Waals surface area (Å²) in [6.45, 7) is 0.364. The number of allylic oxidation sites excluding steroid dienone is 2. The number of aryl methyl sites for hydroxylation is 1. The third-order valence-electron chi connectivity index (χ3n) is 5.38. The van der Waals surface area contributed by atoms with E-state index in [1.54, 1.807) is 6.92 Å². The lowest BCUT2D eigenvalue weighted by molar-refractivity contribution is -0.427. The fourth-order valence-corrected chi connectivity index (χ4v) is 3.64. The number of nitro groups is 1. The van der Waals surface area contributed by atoms with Crippen molar-refractivity contribution in [3.05, 3.63) is 62.7 Å². The summed E-state index contributed by atoms with van der Waals surface area (Å²) in [5.41, 5.74) is -6.64. The fraction of sp³-hybridized carbons (Fsp3) is 0.478. The summed E-state index contributed by atoms with van der Waals surface area (Å²) < 4.78 is 102. The van der Waals surface area contributed by atoms with Crippen LogP contribution < -0.4 is 4.74 Å². The molecule has 0 saturated carbocycles. The van der Waals surface area contributed by atoms with Crippen molar-refractivity contribution in [3.8, 4) is 5.75 Å². The first-order valence-electron chi connectivity index (χ1n) is 11.0. The van der Waals surface area contributed by atoms with Crippen LogP contribution in [0.3, 0.4) is 0 Å². The molecule has 0 fully saturated rings. The minimum Gasteiger partial charge on any atom is -0.465 e. The number of esters is 1. The van der Waals surface area contributed by atoms with Crippen molar-refractivity contribution in [2.45, 2.75) is 50.6 Å². The van der Waals surface area contributed by atoms with E-state index in [0.29, 0.717) is 18.6 Å². The van der Waals surface area contributed by atoms with Gasteiger partial charge in [-0.15, -0.1) is 0 Å². The molecule has 0 aliphatic carbocycles. The van der Waals surface area contributed by atoms with Crippen molar-refractivity contribution in [3.63, 3.8) is 0 Å². The van der Waals surface area contributed by atoms with Gasteiger partial charge in [-0.2, -0.15) is 26.3 Å². The Balaban J connectivity index is 2.57. The SMILES string of the molecule is CCCc1cc(C(OCOC)(C(F)(F)F)C(F)(F)F)ccc1OC1=C/C/C(C(=O)OC)=C(/[N+](=O)[O-])C/C=N\1. The third kappa shape index (κ3) is 6.51. The summed E-state index contributed by atoms with van der Waals surface area (Å²) >= 11 is 0. The highest BCUT2D eigenvalue weighted by Crippen LogP contribution is 2.53. The zero-order valence-electron chi connectivity index (χ0n) is 20.4. The first-order chi connectivity index (χ1) is 17.7. The second-order valence-corrected chi connectivity index (χ2v) is 7.84. The van der Waals surface area contributed by atoms with Crippen molar-refractivity contribution in [1.29, 1.82) is 0 Å². The van der Waals surface area contributed by atoms with Crippen molar-refractivity contribution < 1.29 is 55.0 Å². The molecule has 0 bridgehead atoms. The van der Waals surface area contributed by atoms with Gasteiger partial charge >= 0.3 is 18.3 Å². The molecule has 1 aliphatic rings. The lowest BCUT2D eigenvalue weighted by Crippen LogP contribution is -2.56. The predicted molar refractivity (Wildman–Crippen MR) is 120 cm³/mol. The van der Waals surface area contributed by atoms with Crippen LogP contribution in [0.5, 0.6) is 5.75 Å². The number of benzene rings is 1. The topological polar surface area (TPSA) is 109 Å². The Morgan fingerprint density at radius 3 is 2.29 bits per heavy atom. The van der Waals surface area contributed by atoms with Crippen LogP contribution in [-0.2, 0) is 31.0 Å². The maximum atomic E-state index is 13.9. The van der Waals surface area contributed by atoms with Crippen molar-refractivity contribution in [2.75, 3.05) is 21.0 Å². The fourth-order valence-electron chi connectivity index (χ4n) is 3.64. The van der Waals surface area contributed by atoms with Gasteiger partial charge in [-0.3, -0.25) is 10.1 Å². The Labute approximate surface area is 212 Å². The molecule has 0 N–H and O–H groups in total. The number of halogens is 6. The van der Waals surface area contributed by atoms with Gasteiger partial charge in [0.15, 0.2) is 0 Å². The lowest BCUT2D eigenvalue weighted by atomic mass is 9.89. The summed E-state index contributed by atoms with van der Waals surface area (Å²) in [7, 11) is 1.92. The van der Waals surface area contributed by atoms with E-state index in [4.69, 9.17) is 4.74 Å². The molecule has 38 heavy (non-hydrogen) atoms. The average molecular weight is 554 g/mol. The molecule has 210 valence electrons. The largest absolute Gasteiger partial charge is 0.465 e. The molecule has 1 heterocycles. The van der Waals surface area contributed by atoms with E-state index in [0.717, 1.165) is 26.5 Å². The maximum Gasteiger partial charge on any atom is 0.430 e. The van der Waals surface area contributed by atoms with Crippen molar-refractivity contribution in [2.24, 2.45) is 4.99 Å². The van der Waals surface area contributed by atoms with Gasteiger partial charge in [-0.1, -0.05) is 19.4 Å². The van der Waals surface area contributed by atoms with Crippen molar-refractivity contribution >= 4 is 12.2 Å². The Kier molecular flexibility index (Phi) is 10.0. The van der Waals surface area contributed by atoms with E-state index in [-0.39, 0.29) is 42.0 Å². The number of carbonyl (C=O) groups excluding carboxylic acids is 1. The number of aliphatic imine (C=N–C) groups is 1. The molecule has 0 radical (unpaired) electrons. The monoisotopic (exact) mass is 554 g/mol. The molecular formula is C23H24F6N2O7. The molecule has 1 aromatic carbocycles. The van der Waals surface area contributed by atoms with Gasteiger partial charge in [0.25, 0.3) is 11.3 Å². The second-order valence-electron chi connectivity index (χ2n) is 7.84. The van der Waals surface area contributed by atoms with Crippen LogP contribution in [0.1, 0.15) is 37.3 Å². The number of alkyl halides is 6. The van der Waals surface area contributed by atoms with E-state index in [1.165, 1.54) is 6.08 Å². The third-order valence-corrected chi connectivity index (χ3v) is 5.38. The zero-order valence-corrected chi connectivity index (χ0v) is 20.4. The summed E-state index contributed by atoms with van der Waals surface area (Å²) in [5, 5.41) is 11.3. The van der Waals surface area contributed by atoms with Gasteiger partial charge in [0.05, 0.1) is 18.5 Å². The number of hydrogen-bond donors (Lipinski definition) is 0. The van der Waals surface area contributed by atoms with Gasteiger partial charge < -0.3 is 18.9 Å². The van der Waals surface area contributed by atoms with Crippen LogP contribution >= 0.6 is 0 Å². The quantitative estimate of drug-likeness (QED) is 0.126. The normalized spacial score (nSPS) is 19.1. The Hall–Kier alpha value is -3.46. The summed E-state index contributed by atoms with van der Waals surface area (Å²) in [6, 6.07) is 2.17. The molecule has 9 nitrogen and oxygen atoms in total. The van der Waals surface area contributed by atoms with Gasteiger partial charge in [-0.25, -0.2) is 9.79 Å². The molecule has 0 aromatic heterocycles. The van der Waals surface area contributed by atoms with Crippen LogP contribution in [0.25, 0.3) is 0 Å². The minimum atomic E-state index is -5.90. The molecule has 0 amide bonds. The molecule has 15 heteroatoms. The highest BCUT2D eigenvalue weighted by atomic mass is 19.4. The Bertz CT molecular complexity index is 1110. The number of methoxy groups -OCH3 is 2. The van der Waals surface area contributed by atoms with E-state index in [1.807, 2.05) is 0 Å². The van der Waals surface area contributed by atoms with E-state index >= 15 is 0 Å². The molecule has 0 atom stereocenters. The smallest absolute Gasteiger partial charge is 0.430 e. The number of nitrogens with zero attached hydrogens (tertiary/aromatic N) is 2. The van der Waals surface area contributed by atoms with Crippen LogP contribution in [0, 0.1) is 10.1 Å². The predicted octanol–water partition coefficient (Wildman–Crippen LogP) is 5.37. The molecular weight excluding hydrogens is 530 g/mol. The number of rotatable bonds is 10. The Morgan fingerprint density at radius 1 is 1.11 bits per heavy atom. The summed E-state index contributed by atoms with van der Waals surface area (Å²) in [5.74, 6) is -1.25. The highest BCUT2D eigenvalue weighted by Gasteiger charge is 2.73. The van der Waals surface area contributed by atoms with Crippen molar-refractivity contribution in [1.82, 2.24) is 0 Å². The molecule has 0 unspecified atom stereocenters. The number of carbonyl (C=O) groups is 1. The first-order valence-corrected chi connectivity index (χ1v) is 11.0. The number of hydrogen-bond acceptors (Lipinski definition) is 8. The standard InChI is InChI=1S/C23H24F6N2O7/c1-4-5-14-12-15(21(22(24,25)26,23(27,28)29)37-13-35-2)6-8-18(14)38-19-9-7-16(20(32)36-3)17(31(33)34)10-11-30-19/h6,8-9,11-12H,4-5,7,10,13H2,1-3H3/b17-16-,19-9+,30-11-. The van der Waals surface area contributed by atoms with E-state index in [2.05, 4.69) is 19.2 Å². The van der Waals surface area contributed by atoms with Crippen LogP contribution in [-0.4, -0.2) is 50.5 Å². The second kappa shape index (κ2) is 12.4. The molecule has 0 spiro atoms. The Morgan fingerprint density at radius 2 is 1.76 bits per heavy atom. The zero-order chi connectivity index (χ0) is 28.7. The minimum absolute atomic E-state index is 0.0169.